The molecule has 0 atom stereocenters. The van der Waals surface area contributed by atoms with E-state index in [-0.39, 0.29) is 16.6 Å². The molecular weight excluding hydrogens is 273 g/mol. The minimum absolute atomic E-state index is 0.00637. The van der Waals surface area contributed by atoms with E-state index < -0.39 is 10.0 Å². The number of benzene rings is 1. The third-order valence-corrected chi connectivity index (χ3v) is 4.39. The summed E-state index contributed by atoms with van der Waals surface area (Å²) in [7, 11) is -2.27. The van der Waals surface area contributed by atoms with Gasteiger partial charge in [-0.05, 0) is 24.6 Å². The maximum Gasteiger partial charge on any atom is 0.243 e. The molecule has 4 nitrogen and oxygen atoms in total. The van der Waals surface area contributed by atoms with Crippen LogP contribution in [0.2, 0.25) is 10.0 Å². The van der Waals surface area contributed by atoms with Gasteiger partial charge in [-0.15, -0.1) is 0 Å². The van der Waals surface area contributed by atoms with Gasteiger partial charge < -0.3 is 4.74 Å². The lowest BCUT2D eigenvalue weighted by Gasteiger charge is -2.10. The first kappa shape index (κ1) is 13.7. The first-order valence-electron chi connectivity index (χ1n) is 4.33. The normalized spacial score (nSPS) is 11.8. The highest BCUT2D eigenvalue weighted by molar-refractivity contribution is 7.89. The fourth-order valence-electron chi connectivity index (χ4n) is 1.06. The van der Waals surface area contributed by atoms with Crippen molar-refractivity contribution in [1.82, 2.24) is 4.72 Å². The van der Waals surface area contributed by atoms with Gasteiger partial charge in [0.1, 0.15) is 11.6 Å². The van der Waals surface area contributed by atoms with Gasteiger partial charge in [0.25, 0.3) is 0 Å². The van der Waals surface area contributed by atoms with Crippen LogP contribution in [-0.2, 0) is 14.8 Å². The van der Waals surface area contributed by atoms with Crippen molar-refractivity contribution in [3.8, 4) is 0 Å². The summed E-state index contributed by atoms with van der Waals surface area (Å²) in [6, 6.07) is 2.85. The van der Waals surface area contributed by atoms with Crippen molar-refractivity contribution in [1.29, 1.82) is 0 Å². The van der Waals surface area contributed by atoms with Crippen LogP contribution in [0.15, 0.2) is 17.0 Å². The summed E-state index contributed by atoms with van der Waals surface area (Å²) >= 11 is 11.7. The Morgan fingerprint density at radius 1 is 1.38 bits per heavy atom. The number of hydrogen-bond donors (Lipinski definition) is 1. The number of methoxy groups -OCH3 is 1. The molecule has 1 aromatic carbocycles. The summed E-state index contributed by atoms with van der Waals surface area (Å²) < 4.78 is 30.4. The monoisotopic (exact) mass is 283 g/mol. The van der Waals surface area contributed by atoms with Crippen LogP contribution in [0.5, 0.6) is 0 Å². The highest BCUT2D eigenvalue weighted by atomic mass is 35.5. The van der Waals surface area contributed by atoms with Gasteiger partial charge in [0.15, 0.2) is 0 Å². The molecule has 0 aliphatic rings. The van der Waals surface area contributed by atoms with Crippen molar-refractivity contribution in [2.75, 3.05) is 13.8 Å². The van der Waals surface area contributed by atoms with Crippen LogP contribution in [0.25, 0.3) is 0 Å². The van der Waals surface area contributed by atoms with E-state index in [0.29, 0.717) is 10.6 Å². The van der Waals surface area contributed by atoms with Gasteiger partial charge in [0, 0.05) is 12.1 Å². The Bertz CT molecular complexity index is 488. The summed E-state index contributed by atoms with van der Waals surface area (Å²) in [6.45, 7) is 1.54. The zero-order chi connectivity index (χ0) is 12.3. The smallest absolute Gasteiger partial charge is 0.243 e. The van der Waals surface area contributed by atoms with Crippen molar-refractivity contribution in [3.05, 3.63) is 27.7 Å². The van der Waals surface area contributed by atoms with E-state index in [2.05, 4.69) is 9.46 Å². The van der Waals surface area contributed by atoms with Crippen molar-refractivity contribution < 1.29 is 13.2 Å². The number of ether oxygens (including phenoxy) is 1. The Morgan fingerprint density at radius 2 is 2.00 bits per heavy atom. The lowest BCUT2D eigenvalue weighted by atomic mass is 10.2. The molecule has 0 aliphatic heterocycles. The third kappa shape index (κ3) is 2.87. The summed E-state index contributed by atoms with van der Waals surface area (Å²) in [5.74, 6) is 0. The topological polar surface area (TPSA) is 55.4 Å². The molecule has 1 N–H and O–H groups in total. The molecule has 0 saturated carbocycles. The van der Waals surface area contributed by atoms with Gasteiger partial charge in [0.2, 0.25) is 10.0 Å². The van der Waals surface area contributed by atoms with Crippen molar-refractivity contribution in [2.24, 2.45) is 0 Å². The molecule has 0 amide bonds. The van der Waals surface area contributed by atoms with Gasteiger partial charge in [-0.25, -0.2) is 8.42 Å². The van der Waals surface area contributed by atoms with E-state index in [4.69, 9.17) is 23.2 Å². The van der Waals surface area contributed by atoms with E-state index in [0.717, 1.165) is 0 Å². The van der Waals surface area contributed by atoms with E-state index in [9.17, 15) is 8.42 Å². The Labute approximate surface area is 105 Å². The molecule has 0 heterocycles. The van der Waals surface area contributed by atoms with Gasteiger partial charge >= 0.3 is 0 Å². The lowest BCUT2D eigenvalue weighted by molar-refractivity contribution is 0.194. The molecule has 16 heavy (non-hydrogen) atoms. The molecule has 0 unspecified atom stereocenters. The molecule has 0 bridgehead atoms. The van der Waals surface area contributed by atoms with Crippen LogP contribution in [-0.4, -0.2) is 22.3 Å². The summed E-state index contributed by atoms with van der Waals surface area (Å²) in [5, 5.41) is 0.548. The zero-order valence-corrected chi connectivity index (χ0v) is 11.1. The first-order valence-corrected chi connectivity index (χ1v) is 6.57. The standard InChI is InChI=1S/C9H11Cl2NO3S/c1-6-7(10)3-4-8(9(6)11)16(13,14)12-5-15-2/h3-4,12H,5H2,1-2H3. The number of hydrogen-bond acceptors (Lipinski definition) is 3. The van der Waals surface area contributed by atoms with E-state index in [1.54, 1.807) is 6.92 Å². The average molecular weight is 284 g/mol. The van der Waals surface area contributed by atoms with Gasteiger partial charge in [-0.2, -0.15) is 4.72 Å². The quantitative estimate of drug-likeness (QED) is 0.862. The van der Waals surface area contributed by atoms with Crippen molar-refractivity contribution in [3.63, 3.8) is 0 Å². The number of nitrogens with one attached hydrogen (secondary N) is 1. The predicted octanol–water partition coefficient (Wildman–Crippen LogP) is 2.18. The van der Waals surface area contributed by atoms with Gasteiger partial charge in [0.05, 0.1) is 5.02 Å². The molecule has 1 aromatic rings. The van der Waals surface area contributed by atoms with Crippen LogP contribution in [0.1, 0.15) is 5.56 Å². The molecule has 90 valence electrons. The Kier molecular flexibility index (Phi) is 4.58. The Morgan fingerprint density at radius 3 is 2.56 bits per heavy atom. The van der Waals surface area contributed by atoms with Crippen LogP contribution < -0.4 is 4.72 Å². The summed E-state index contributed by atoms with van der Waals surface area (Å²) in [5.41, 5.74) is 0.531. The number of halogens is 2. The van der Waals surface area contributed by atoms with E-state index in [1.165, 1.54) is 19.2 Å². The Balaban J connectivity index is 3.19. The molecule has 0 fully saturated rings. The highest BCUT2D eigenvalue weighted by Gasteiger charge is 2.19. The maximum absolute atomic E-state index is 11.8. The second kappa shape index (κ2) is 5.33. The SMILES string of the molecule is COCNS(=O)(=O)c1ccc(Cl)c(C)c1Cl. The van der Waals surface area contributed by atoms with Gasteiger partial charge in [-0.1, -0.05) is 23.2 Å². The van der Waals surface area contributed by atoms with E-state index >= 15 is 0 Å². The van der Waals surface area contributed by atoms with Crippen LogP contribution >= 0.6 is 23.2 Å². The third-order valence-electron chi connectivity index (χ3n) is 1.97. The summed E-state index contributed by atoms with van der Waals surface area (Å²) in [6.07, 6.45) is 0. The first-order chi connectivity index (χ1) is 7.40. The van der Waals surface area contributed by atoms with Crippen LogP contribution in [0.3, 0.4) is 0 Å². The highest BCUT2D eigenvalue weighted by Crippen LogP contribution is 2.29. The predicted molar refractivity (Wildman–Crippen MR) is 63.4 cm³/mol. The maximum atomic E-state index is 11.8. The largest absolute Gasteiger partial charge is 0.369 e. The summed E-state index contributed by atoms with van der Waals surface area (Å²) in [4.78, 5) is -0.00637. The Hall–Kier alpha value is -0.330. The number of rotatable bonds is 4. The van der Waals surface area contributed by atoms with E-state index in [1.807, 2.05) is 0 Å². The van der Waals surface area contributed by atoms with Crippen molar-refractivity contribution in [2.45, 2.75) is 11.8 Å². The number of sulfonamides is 1. The second-order valence-corrected chi connectivity index (χ2v) is 5.59. The van der Waals surface area contributed by atoms with Crippen molar-refractivity contribution >= 4 is 33.2 Å². The minimum Gasteiger partial charge on any atom is -0.369 e. The van der Waals surface area contributed by atoms with Crippen LogP contribution in [0.4, 0.5) is 0 Å². The van der Waals surface area contributed by atoms with Gasteiger partial charge in [-0.3, -0.25) is 0 Å². The zero-order valence-electron chi connectivity index (χ0n) is 8.75. The molecule has 0 aromatic heterocycles. The molecule has 0 spiro atoms. The molecule has 0 aliphatic carbocycles. The fraction of sp³-hybridized carbons (Fsp3) is 0.333. The molecule has 1 rings (SSSR count). The lowest BCUT2D eigenvalue weighted by Crippen LogP contribution is -2.26. The molecular formula is C9H11Cl2NO3S. The fourth-order valence-corrected chi connectivity index (χ4v) is 2.80. The molecule has 7 heteroatoms. The second-order valence-electron chi connectivity index (χ2n) is 3.07. The molecule has 0 radical (unpaired) electrons. The van der Waals surface area contributed by atoms with Crippen LogP contribution in [0, 0.1) is 6.92 Å². The average Bonchev–Trinajstić information content (AvgIpc) is 2.23. The minimum atomic E-state index is -3.66. The molecule has 0 saturated heterocycles.